The van der Waals surface area contributed by atoms with Crippen LogP contribution in [0.25, 0.3) is 10.6 Å². The first-order valence-corrected chi connectivity index (χ1v) is 18.6. The average molecular weight is 888 g/mol. The molecule has 2 aliphatic heterocycles. The second-order valence-corrected chi connectivity index (χ2v) is 13.7. The van der Waals surface area contributed by atoms with Gasteiger partial charge in [-0.05, 0) is 77.8 Å². The first-order valence-electron chi connectivity index (χ1n) is 18.6. The second kappa shape index (κ2) is 19.6. The van der Waals surface area contributed by atoms with E-state index in [0.717, 1.165) is 50.0 Å². The summed E-state index contributed by atoms with van der Waals surface area (Å²) in [6, 6.07) is 27.4. The molecular weight excluding hydrogens is 850 g/mol. The molecule has 4 aromatic carbocycles. The van der Waals surface area contributed by atoms with Crippen LogP contribution in [-0.4, -0.2) is 91.0 Å². The van der Waals surface area contributed by atoms with Crippen LogP contribution in [0.4, 0.5) is 21.5 Å². The van der Waals surface area contributed by atoms with Crippen molar-refractivity contribution < 1.29 is 58.3 Å². The van der Waals surface area contributed by atoms with Crippen molar-refractivity contribution in [2.45, 2.75) is 25.9 Å². The average Bonchev–Trinajstić information content (AvgIpc) is 3.98. The minimum absolute atomic E-state index is 0. The van der Waals surface area contributed by atoms with Crippen molar-refractivity contribution in [2.24, 2.45) is 9.98 Å². The van der Waals surface area contributed by atoms with Crippen LogP contribution in [0.3, 0.4) is 0 Å². The number of likely N-dealkylation sites (N-methyl/N-ethyl adjacent to an activating group) is 1. The Balaban J connectivity index is 0.000000204. The number of rotatable bonds is 12. The van der Waals surface area contributed by atoms with Gasteiger partial charge in [-0.25, -0.2) is 9.97 Å². The number of aliphatic imine (C=N–C) groups is 2. The number of hydrogen-bond donors (Lipinski definition) is 3. The van der Waals surface area contributed by atoms with Gasteiger partial charge in [-0.1, -0.05) is 48.5 Å². The molecule has 2 fully saturated rings. The molecule has 8 rings (SSSR count). The zero-order valence-corrected chi connectivity index (χ0v) is 36.8. The summed E-state index contributed by atoms with van der Waals surface area (Å²) in [6.45, 7) is 0.831. The Labute approximate surface area is 367 Å². The van der Waals surface area contributed by atoms with E-state index in [0.29, 0.717) is 25.9 Å². The Hall–Kier alpha value is -7.66. The molecule has 0 bridgehead atoms. The maximum Gasteiger partial charge on any atom is 2.00 e. The summed E-state index contributed by atoms with van der Waals surface area (Å²) in [4.78, 5) is 65.5. The summed E-state index contributed by atoms with van der Waals surface area (Å²) < 4.78 is 13.9. The van der Waals surface area contributed by atoms with E-state index in [1.54, 1.807) is 71.9 Å². The molecule has 0 saturated carbocycles. The summed E-state index contributed by atoms with van der Waals surface area (Å²) in [5.74, 6) is 0.761. The van der Waals surface area contributed by atoms with Gasteiger partial charge in [-0.3, -0.25) is 19.2 Å². The number of hydrogen-bond acceptors (Lipinski definition) is 12. The van der Waals surface area contributed by atoms with Gasteiger partial charge in [0.1, 0.15) is 23.0 Å². The number of nitrogens with zero attached hydrogens (tertiary/aromatic N) is 9. The number of aromatic nitrogens is 4. The van der Waals surface area contributed by atoms with Gasteiger partial charge in [0.25, 0.3) is 0 Å². The zero-order valence-electron chi connectivity index (χ0n) is 33.8. The van der Waals surface area contributed by atoms with Crippen LogP contribution in [0.2, 0.25) is 0 Å². The number of carbonyl (C=O) groups is 4. The standard InChI is InChI=1S/C22H21N5O4.C21H19N5O4.Zn/c1-26-20(29)19(25-22(26)30)24-21-23-16(11-14-5-9-18(31-2)10-6-14)13-27(21)12-15-3-7-17(28)8-4-15;1-30-17-8-4-13(5-9-17)10-15-12-26(11-14-2-6-16(27)7-3-14)20(22-15)23-18-19(28)25-21(29)24-18;/h3-10,13H,11-12H2,1-2H3,(H2,23,24,25,28,30);2-9,12H,10-11H2,1H3,(H3,22,23,24,25,27,28,29);/q;;+2/p-2. The number of amidine groups is 2. The van der Waals surface area contributed by atoms with E-state index < -0.39 is 23.9 Å². The molecule has 4 heterocycles. The molecule has 0 radical (unpaired) electrons. The van der Waals surface area contributed by atoms with E-state index in [2.05, 4.69) is 35.9 Å². The van der Waals surface area contributed by atoms with E-state index in [4.69, 9.17) is 9.47 Å². The van der Waals surface area contributed by atoms with Gasteiger partial charge in [-0.2, -0.15) is 0 Å². The van der Waals surface area contributed by atoms with Crippen molar-refractivity contribution in [3.8, 4) is 23.0 Å². The Bertz CT molecular complexity index is 2640. The summed E-state index contributed by atoms with van der Waals surface area (Å²) in [6.07, 6.45) is 4.79. The molecule has 0 spiro atoms. The molecule has 2 aliphatic rings. The second-order valence-electron chi connectivity index (χ2n) is 13.7. The number of amides is 6. The molecule has 19 heteroatoms. The van der Waals surface area contributed by atoms with Crippen LogP contribution in [-0.2, 0) is 55.0 Å². The van der Waals surface area contributed by atoms with E-state index in [1.807, 2.05) is 60.9 Å². The van der Waals surface area contributed by atoms with Crippen molar-refractivity contribution in [2.75, 3.05) is 21.3 Å². The normalized spacial score (nSPS) is 14.5. The van der Waals surface area contributed by atoms with Crippen LogP contribution in [0.15, 0.2) is 119 Å². The molecule has 0 aliphatic carbocycles. The van der Waals surface area contributed by atoms with Crippen molar-refractivity contribution >= 4 is 47.4 Å². The number of nitrogens with one attached hydrogen (secondary N) is 1. The summed E-state index contributed by atoms with van der Waals surface area (Å²) in [7, 11) is 4.58. The molecule has 6 amide bonds. The topological polar surface area (TPSA) is 231 Å². The van der Waals surface area contributed by atoms with E-state index in [-0.39, 0.29) is 54.5 Å². The van der Waals surface area contributed by atoms with Crippen LogP contribution in [0.5, 0.6) is 23.0 Å². The van der Waals surface area contributed by atoms with Crippen molar-refractivity contribution in [1.82, 2.24) is 29.3 Å². The van der Waals surface area contributed by atoms with Gasteiger partial charge >= 0.3 is 19.5 Å². The third-order valence-corrected chi connectivity index (χ3v) is 9.31. The van der Waals surface area contributed by atoms with Crippen LogP contribution in [0.1, 0.15) is 33.6 Å². The predicted octanol–water partition coefficient (Wildman–Crippen LogP) is 6.12. The van der Waals surface area contributed by atoms with Crippen molar-refractivity contribution in [3.63, 3.8) is 0 Å². The largest absolute Gasteiger partial charge is 2.00 e. The fourth-order valence-corrected chi connectivity index (χ4v) is 6.12. The molecule has 18 nitrogen and oxygen atoms in total. The molecule has 3 N–H and O–H groups in total. The Kier molecular flexibility index (Phi) is 13.9. The van der Waals surface area contributed by atoms with Gasteiger partial charge in [0, 0.05) is 38.3 Å². The third kappa shape index (κ3) is 10.9. The van der Waals surface area contributed by atoms with E-state index in [9.17, 15) is 29.4 Å². The van der Waals surface area contributed by atoms with Gasteiger partial charge in [0.2, 0.25) is 23.9 Å². The molecule has 310 valence electrons. The van der Waals surface area contributed by atoms with Gasteiger partial charge in [0.15, 0.2) is 11.9 Å². The summed E-state index contributed by atoms with van der Waals surface area (Å²) in [5, 5.41) is 28.4. The molecule has 0 unspecified atom stereocenters. The van der Waals surface area contributed by atoms with Crippen LogP contribution >= 0.6 is 0 Å². The molecular formula is C43H38N10O8Zn. The van der Waals surface area contributed by atoms with E-state index >= 15 is 0 Å². The number of aromatic hydroxyl groups is 2. The van der Waals surface area contributed by atoms with E-state index in [1.165, 1.54) is 7.05 Å². The zero-order chi connectivity index (χ0) is 43.0. The Morgan fingerprint density at radius 1 is 0.613 bits per heavy atom. The summed E-state index contributed by atoms with van der Waals surface area (Å²) in [5.41, 5.74) is 5.37. The first kappa shape index (κ1) is 43.9. The number of benzene rings is 4. The smallest absolute Gasteiger partial charge is 0.508 e. The minimum atomic E-state index is -0.742. The number of urea groups is 2. The van der Waals surface area contributed by atoms with Crippen molar-refractivity contribution in [1.29, 1.82) is 0 Å². The van der Waals surface area contributed by atoms with Crippen molar-refractivity contribution in [3.05, 3.63) is 154 Å². The number of imidazole rings is 2. The minimum Gasteiger partial charge on any atom is -0.508 e. The van der Waals surface area contributed by atoms with Gasteiger partial charge in [0.05, 0.1) is 37.3 Å². The molecule has 2 aromatic heterocycles. The monoisotopic (exact) mass is 886 g/mol. The number of carbonyl (C=O) groups excluding carboxylic acids is 4. The van der Waals surface area contributed by atoms with Crippen LogP contribution < -0.4 is 14.8 Å². The molecule has 6 aromatic rings. The Morgan fingerprint density at radius 3 is 1.40 bits per heavy atom. The fraction of sp³-hybridized carbons (Fsp3) is 0.163. The maximum absolute atomic E-state index is 12.2. The number of phenolic OH excluding ortho intramolecular Hbond substituents is 2. The quantitative estimate of drug-likeness (QED) is 0.0941. The SMILES string of the molecule is COc1ccc(Cc2cn(Cc3ccc(O)cc3)c(N=C3[N-]C(=O)N(C)C3=O)n2)cc1.COc1ccc(Cc2cn(Cc3ccc(O)cc3)c(N=C3[N-]C(=O)NC3=O)n2)cc1.[Zn+2]. The predicted molar refractivity (Wildman–Crippen MR) is 223 cm³/mol. The first-order chi connectivity index (χ1) is 29.4. The summed E-state index contributed by atoms with van der Waals surface area (Å²) >= 11 is 0. The number of phenols is 2. The maximum atomic E-state index is 12.2. The Morgan fingerprint density at radius 2 is 1.03 bits per heavy atom. The van der Waals surface area contributed by atoms with Gasteiger partial charge in [-0.15, -0.1) is 0 Å². The molecule has 2 saturated heterocycles. The van der Waals surface area contributed by atoms with Gasteiger partial charge < -0.3 is 59.7 Å². The van der Waals surface area contributed by atoms with Crippen LogP contribution in [0, 0.1) is 0 Å². The molecule has 0 atom stereocenters. The number of methoxy groups -OCH3 is 2. The molecule has 62 heavy (non-hydrogen) atoms. The third-order valence-electron chi connectivity index (χ3n) is 9.31. The fourth-order valence-electron chi connectivity index (χ4n) is 6.12. The number of ether oxygens (including phenoxy) is 2. The number of imide groups is 2.